The van der Waals surface area contributed by atoms with Gasteiger partial charge in [-0.05, 0) is 31.4 Å². The highest BCUT2D eigenvalue weighted by Crippen LogP contribution is 2.12. The summed E-state index contributed by atoms with van der Waals surface area (Å²) in [5, 5.41) is 18.9. The topological polar surface area (TPSA) is 91.0 Å². The minimum absolute atomic E-state index is 0.0632. The van der Waals surface area contributed by atoms with E-state index in [-0.39, 0.29) is 17.8 Å². The molecule has 2 N–H and O–H groups in total. The highest BCUT2D eigenvalue weighted by Gasteiger charge is 2.16. The first-order chi connectivity index (χ1) is 12.0. The Morgan fingerprint density at radius 3 is 2.48 bits per heavy atom. The Morgan fingerprint density at radius 1 is 1.12 bits per heavy atom. The highest BCUT2D eigenvalue weighted by molar-refractivity contribution is 5.84. The number of hydrogen-bond donors (Lipinski definition) is 2. The molecule has 6 heteroatoms. The number of furan rings is 1. The molecule has 0 aliphatic heterocycles. The van der Waals surface area contributed by atoms with E-state index in [1.807, 2.05) is 6.92 Å². The van der Waals surface area contributed by atoms with E-state index in [0.29, 0.717) is 38.1 Å². The summed E-state index contributed by atoms with van der Waals surface area (Å²) in [6, 6.07) is 3.05. The van der Waals surface area contributed by atoms with Crippen molar-refractivity contribution in [3.05, 3.63) is 23.7 Å². The van der Waals surface area contributed by atoms with Crippen LogP contribution >= 0.6 is 0 Å². The van der Waals surface area contributed by atoms with Gasteiger partial charge in [0.2, 0.25) is 11.7 Å². The van der Waals surface area contributed by atoms with E-state index < -0.39 is 5.97 Å². The third-order valence-electron chi connectivity index (χ3n) is 4.19. The monoisotopic (exact) mass is 353 g/mol. The van der Waals surface area contributed by atoms with Crippen molar-refractivity contribution >= 4 is 11.9 Å². The number of carbonyl (C=O) groups excluding carboxylic acids is 1. The van der Waals surface area contributed by atoms with Crippen LogP contribution in [0.25, 0.3) is 0 Å². The molecule has 0 unspecified atom stereocenters. The molecule has 6 nitrogen and oxygen atoms in total. The van der Waals surface area contributed by atoms with Gasteiger partial charge in [-0.1, -0.05) is 33.1 Å². The predicted molar refractivity (Wildman–Crippen MR) is 95.6 cm³/mol. The van der Waals surface area contributed by atoms with Gasteiger partial charge in [-0.3, -0.25) is 4.79 Å². The Morgan fingerprint density at radius 2 is 1.88 bits per heavy atom. The Kier molecular flexibility index (Phi) is 9.92. The van der Waals surface area contributed by atoms with Crippen LogP contribution in [-0.2, 0) is 11.2 Å². The molecular weight excluding hydrogens is 322 g/mol. The fourth-order valence-electron chi connectivity index (χ4n) is 2.68. The van der Waals surface area contributed by atoms with Crippen LogP contribution in [0.1, 0.15) is 75.1 Å². The summed E-state index contributed by atoms with van der Waals surface area (Å²) in [7, 11) is 0. The molecule has 142 valence electrons. The minimum Gasteiger partial charge on any atom is -0.475 e. The van der Waals surface area contributed by atoms with Gasteiger partial charge in [0.25, 0.3) is 0 Å². The van der Waals surface area contributed by atoms with Crippen molar-refractivity contribution in [1.82, 2.24) is 4.90 Å². The van der Waals surface area contributed by atoms with E-state index in [9.17, 15) is 14.7 Å². The summed E-state index contributed by atoms with van der Waals surface area (Å²) in [4.78, 5) is 24.9. The molecule has 0 saturated carbocycles. The quantitative estimate of drug-likeness (QED) is 0.530. The summed E-state index contributed by atoms with van der Waals surface area (Å²) in [5.41, 5.74) is 0. The maximum Gasteiger partial charge on any atom is 0.371 e. The molecule has 1 aromatic heterocycles. The van der Waals surface area contributed by atoms with Crippen molar-refractivity contribution in [2.24, 2.45) is 0 Å². The number of carbonyl (C=O) groups is 2. The van der Waals surface area contributed by atoms with Gasteiger partial charge >= 0.3 is 5.97 Å². The second kappa shape index (κ2) is 11.7. The van der Waals surface area contributed by atoms with E-state index >= 15 is 0 Å². The van der Waals surface area contributed by atoms with Crippen LogP contribution in [0.15, 0.2) is 16.5 Å². The Hall–Kier alpha value is -1.82. The maximum atomic E-state index is 12.3. The molecule has 0 aliphatic rings. The van der Waals surface area contributed by atoms with Crippen LogP contribution in [0.5, 0.6) is 0 Å². The van der Waals surface area contributed by atoms with Gasteiger partial charge in [0.1, 0.15) is 5.76 Å². The molecule has 0 spiro atoms. The van der Waals surface area contributed by atoms with Crippen molar-refractivity contribution in [3.8, 4) is 0 Å². The van der Waals surface area contributed by atoms with Crippen LogP contribution in [0.2, 0.25) is 0 Å². The number of aliphatic hydroxyl groups excluding tert-OH is 1. The lowest BCUT2D eigenvalue weighted by atomic mass is 10.1. The van der Waals surface area contributed by atoms with Crippen molar-refractivity contribution < 1.29 is 24.2 Å². The van der Waals surface area contributed by atoms with Gasteiger partial charge in [0, 0.05) is 25.9 Å². The van der Waals surface area contributed by atoms with Gasteiger partial charge in [0.15, 0.2) is 0 Å². The molecular formula is C19H31NO5. The average molecular weight is 353 g/mol. The second-order valence-corrected chi connectivity index (χ2v) is 6.39. The summed E-state index contributed by atoms with van der Waals surface area (Å²) in [5.74, 6) is -0.573. The van der Waals surface area contributed by atoms with Gasteiger partial charge in [-0.15, -0.1) is 0 Å². The smallest absolute Gasteiger partial charge is 0.371 e. The lowest BCUT2D eigenvalue weighted by molar-refractivity contribution is -0.131. The number of aromatic carboxylic acids is 1. The third kappa shape index (κ3) is 8.20. The zero-order chi connectivity index (χ0) is 18.7. The van der Waals surface area contributed by atoms with Crippen LogP contribution in [0.4, 0.5) is 0 Å². The molecule has 0 saturated heterocycles. The molecule has 0 aromatic carbocycles. The molecule has 1 aromatic rings. The van der Waals surface area contributed by atoms with Gasteiger partial charge in [-0.2, -0.15) is 0 Å². The van der Waals surface area contributed by atoms with Crippen molar-refractivity contribution in [1.29, 1.82) is 0 Å². The Balaban J connectivity index is 2.51. The first-order valence-electron chi connectivity index (χ1n) is 9.25. The SMILES string of the molecule is CCCCC[C@@H](O)CCN(CCc1ccc(C(=O)O)o1)C(=O)CCC. The third-order valence-corrected chi connectivity index (χ3v) is 4.19. The van der Waals surface area contributed by atoms with Crippen LogP contribution in [-0.4, -0.2) is 46.2 Å². The standard InChI is InChI=1S/C19H31NO5/c1-3-5-6-8-15(21)11-13-20(18(22)7-4-2)14-12-16-9-10-17(25-16)19(23)24/h9-10,15,21H,3-8,11-14H2,1-2H3,(H,23,24)/t15-/m1/s1. The molecule has 1 amide bonds. The maximum absolute atomic E-state index is 12.3. The fraction of sp³-hybridized carbons (Fsp3) is 0.684. The summed E-state index contributed by atoms with van der Waals surface area (Å²) in [6.45, 7) is 5.06. The van der Waals surface area contributed by atoms with Crippen molar-refractivity contribution in [3.63, 3.8) is 0 Å². The van der Waals surface area contributed by atoms with Gasteiger partial charge < -0.3 is 19.5 Å². The molecule has 0 aliphatic carbocycles. The predicted octanol–water partition coefficient (Wildman–Crippen LogP) is 3.48. The number of carboxylic acid groups (broad SMARTS) is 1. The molecule has 1 rings (SSSR count). The number of rotatable bonds is 13. The number of amides is 1. The zero-order valence-corrected chi connectivity index (χ0v) is 15.4. The molecule has 0 fully saturated rings. The van der Waals surface area contributed by atoms with Crippen LogP contribution < -0.4 is 0 Å². The van der Waals surface area contributed by atoms with Gasteiger partial charge in [-0.25, -0.2) is 4.79 Å². The van der Waals surface area contributed by atoms with Crippen molar-refractivity contribution in [2.75, 3.05) is 13.1 Å². The minimum atomic E-state index is -1.10. The molecule has 1 heterocycles. The molecule has 0 bridgehead atoms. The zero-order valence-electron chi connectivity index (χ0n) is 15.4. The number of carboxylic acids is 1. The normalized spacial score (nSPS) is 12.1. The summed E-state index contributed by atoms with van der Waals surface area (Å²) in [6.07, 6.45) is 5.91. The highest BCUT2D eigenvalue weighted by atomic mass is 16.4. The van der Waals surface area contributed by atoms with Gasteiger partial charge in [0.05, 0.1) is 6.10 Å². The molecule has 0 radical (unpaired) electrons. The number of unbranched alkanes of at least 4 members (excludes halogenated alkanes) is 2. The number of aliphatic hydroxyl groups is 1. The number of nitrogens with zero attached hydrogens (tertiary/aromatic N) is 1. The Bertz CT molecular complexity index is 526. The van der Waals surface area contributed by atoms with E-state index in [4.69, 9.17) is 9.52 Å². The molecule has 1 atom stereocenters. The first kappa shape index (κ1) is 21.2. The average Bonchev–Trinajstić information content (AvgIpc) is 3.04. The van der Waals surface area contributed by atoms with E-state index in [1.54, 1.807) is 11.0 Å². The number of hydrogen-bond acceptors (Lipinski definition) is 4. The molecule has 25 heavy (non-hydrogen) atoms. The summed E-state index contributed by atoms with van der Waals surface area (Å²) >= 11 is 0. The Labute approximate surface area is 149 Å². The fourth-order valence-corrected chi connectivity index (χ4v) is 2.68. The largest absolute Gasteiger partial charge is 0.475 e. The van der Waals surface area contributed by atoms with Crippen LogP contribution in [0, 0.1) is 0 Å². The van der Waals surface area contributed by atoms with Crippen molar-refractivity contribution in [2.45, 2.75) is 71.3 Å². The summed E-state index contributed by atoms with van der Waals surface area (Å²) < 4.78 is 5.24. The first-order valence-corrected chi connectivity index (χ1v) is 9.25. The lowest BCUT2D eigenvalue weighted by Crippen LogP contribution is -2.35. The van der Waals surface area contributed by atoms with E-state index in [0.717, 1.165) is 32.1 Å². The van der Waals surface area contributed by atoms with E-state index in [1.165, 1.54) is 6.07 Å². The second-order valence-electron chi connectivity index (χ2n) is 6.39. The lowest BCUT2D eigenvalue weighted by Gasteiger charge is -2.23. The van der Waals surface area contributed by atoms with E-state index in [2.05, 4.69) is 6.92 Å². The van der Waals surface area contributed by atoms with Crippen LogP contribution in [0.3, 0.4) is 0 Å².